The van der Waals surface area contributed by atoms with Crippen LogP contribution in [0.5, 0.6) is 0 Å². The van der Waals surface area contributed by atoms with Crippen molar-refractivity contribution >= 4 is 52.1 Å². The zero-order chi connectivity index (χ0) is 18.1. The summed E-state index contributed by atoms with van der Waals surface area (Å²) in [7, 11) is 1.33. The maximum atomic E-state index is 11.5. The van der Waals surface area contributed by atoms with Crippen molar-refractivity contribution in [1.82, 2.24) is 9.78 Å². The molecule has 25 heavy (non-hydrogen) atoms. The van der Waals surface area contributed by atoms with E-state index in [1.807, 2.05) is 0 Å². The van der Waals surface area contributed by atoms with Crippen LogP contribution in [0.25, 0.3) is 16.3 Å². The van der Waals surface area contributed by atoms with Gasteiger partial charge in [0.05, 0.1) is 22.7 Å². The van der Waals surface area contributed by atoms with Crippen molar-refractivity contribution in [2.45, 2.75) is 0 Å². The molecule has 0 unspecified atom stereocenters. The van der Waals surface area contributed by atoms with Crippen molar-refractivity contribution in [2.75, 3.05) is 7.11 Å². The molecular formula is C16H10Cl3N3O2S. The minimum Gasteiger partial charge on any atom is -0.465 e. The molecule has 1 N–H and O–H groups in total. The second-order valence-electron chi connectivity index (χ2n) is 4.91. The molecule has 3 rings (SSSR count). The van der Waals surface area contributed by atoms with Gasteiger partial charge in [-0.2, -0.15) is 5.10 Å². The zero-order valence-electron chi connectivity index (χ0n) is 12.7. The Kier molecular flexibility index (Phi) is 5.15. The molecule has 5 nitrogen and oxygen atoms in total. The number of carbonyl (C=O) groups is 1. The van der Waals surface area contributed by atoms with Gasteiger partial charge in [-0.25, -0.2) is 9.48 Å². The maximum Gasteiger partial charge on any atom is 0.337 e. The summed E-state index contributed by atoms with van der Waals surface area (Å²) in [4.78, 5) is 11.6. The molecule has 2 aromatic carbocycles. The SMILES string of the molecule is COC(=O)c1ccc(-c2nn(-c3c(Cl)cc(Cl)cc3Cl)c(=N)s2)cc1. The molecule has 0 saturated carbocycles. The van der Waals surface area contributed by atoms with E-state index in [0.29, 0.717) is 31.3 Å². The molecule has 0 aliphatic heterocycles. The fourth-order valence-electron chi connectivity index (χ4n) is 2.16. The molecule has 0 atom stereocenters. The van der Waals surface area contributed by atoms with E-state index in [1.54, 1.807) is 36.4 Å². The van der Waals surface area contributed by atoms with Crippen molar-refractivity contribution in [3.8, 4) is 16.3 Å². The van der Waals surface area contributed by atoms with Crippen molar-refractivity contribution < 1.29 is 9.53 Å². The normalized spacial score (nSPS) is 10.7. The van der Waals surface area contributed by atoms with Crippen molar-refractivity contribution in [1.29, 1.82) is 5.41 Å². The number of methoxy groups -OCH3 is 1. The van der Waals surface area contributed by atoms with Gasteiger partial charge in [0, 0.05) is 10.6 Å². The third-order valence-electron chi connectivity index (χ3n) is 3.32. The standard InChI is InChI=1S/C16H10Cl3N3O2S/c1-24-15(23)9-4-2-8(3-5-9)14-21-22(16(20)25-14)13-11(18)6-10(17)7-12(13)19/h2-7,20H,1H3. The lowest BCUT2D eigenvalue weighted by molar-refractivity contribution is 0.0601. The molecule has 0 aliphatic carbocycles. The van der Waals surface area contributed by atoms with Gasteiger partial charge in [-0.3, -0.25) is 5.41 Å². The predicted octanol–water partition coefficient (Wildman–Crippen LogP) is 4.83. The molecule has 0 fully saturated rings. The third kappa shape index (κ3) is 3.57. The molecular weight excluding hydrogens is 405 g/mol. The lowest BCUT2D eigenvalue weighted by Gasteiger charge is -2.07. The number of benzene rings is 2. The fourth-order valence-corrected chi connectivity index (χ4v) is 3.92. The number of ether oxygens (including phenoxy) is 1. The van der Waals surface area contributed by atoms with E-state index >= 15 is 0 Å². The first-order valence-corrected chi connectivity index (χ1v) is 8.84. The Balaban J connectivity index is 2.04. The first-order chi connectivity index (χ1) is 11.9. The summed E-state index contributed by atoms with van der Waals surface area (Å²) >= 11 is 19.5. The summed E-state index contributed by atoms with van der Waals surface area (Å²) in [5.41, 5.74) is 1.59. The molecule has 1 aromatic heterocycles. The van der Waals surface area contributed by atoms with E-state index in [-0.39, 0.29) is 4.80 Å². The van der Waals surface area contributed by atoms with Crippen LogP contribution in [0.15, 0.2) is 36.4 Å². The molecule has 0 saturated heterocycles. The van der Waals surface area contributed by atoms with Gasteiger partial charge in [-0.1, -0.05) is 58.3 Å². The predicted molar refractivity (Wildman–Crippen MR) is 99.1 cm³/mol. The molecule has 0 radical (unpaired) electrons. The lowest BCUT2D eigenvalue weighted by atomic mass is 10.1. The number of aromatic nitrogens is 2. The van der Waals surface area contributed by atoms with Gasteiger partial charge in [-0.05, 0) is 24.3 Å². The third-order valence-corrected chi connectivity index (χ3v) is 4.99. The summed E-state index contributed by atoms with van der Waals surface area (Å²) in [6, 6.07) is 9.83. The van der Waals surface area contributed by atoms with Gasteiger partial charge in [0.1, 0.15) is 10.7 Å². The van der Waals surface area contributed by atoms with Crippen LogP contribution in [0.3, 0.4) is 0 Å². The Morgan fingerprint density at radius 2 is 1.76 bits per heavy atom. The van der Waals surface area contributed by atoms with Gasteiger partial charge in [0.25, 0.3) is 0 Å². The molecule has 0 aliphatic rings. The quantitative estimate of drug-likeness (QED) is 0.624. The largest absolute Gasteiger partial charge is 0.465 e. The van der Waals surface area contributed by atoms with Crippen LogP contribution in [0.4, 0.5) is 0 Å². The second kappa shape index (κ2) is 7.17. The number of halogens is 3. The summed E-state index contributed by atoms with van der Waals surface area (Å²) in [6.45, 7) is 0. The average molecular weight is 415 g/mol. The first-order valence-electron chi connectivity index (χ1n) is 6.89. The lowest BCUT2D eigenvalue weighted by Crippen LogP contribution is -2.13. The highest BCUT2D eigenvalue weighted by Gasteiger charge is 2.15. The molecule has 0 spiro atoms. The van der Waals surface area contributed by atoms with E-state index in [2.05, 4.69) is 9.84 Å². The van der Waals surface area contributed by atoms with Gasteiger partial charge in [0.2, 0.25) is 4.80 Å². The summed E-state index contributed by atoms with van der Waals surface area (Å²) in [6.07, 6.45) is 0. The number of nitrogens with one attached hydrogen (secondary N) is 1. The Labute approximate surface area is 161 Å². The van der Waals surface area contributed by atoms with Gasteiger partial charge < -0.3 is 4.74 Å². The summed E-state index contributed by atoms with van der Waals surface area (Å²) in [5, 5.41) is 14.2. The van der Waals surface area contributed by atoms with Crippen LogP contribution < -0.4 is 4.80 Å². The molecule has 0 amide bonds. The van der Waals surface area contributed by atoms with E-state index in [1.165, 1.54) is 11.8 Å². The van der Waals surface area contributed by atoms with Crippen LogP contribution >= 0.6 is 46.1 Å². The Morgan fingerprint density at radius 1 is 1.16 bits per heavy atom. The number of nitrogens with zero attached hydrogens (tertiary/aromatic N) is 2. The first kappa shape index (κ1) is 17.9. The number of hydrogen-bond donors (Lipinski definition) is 1. The monoisotopic (exact) mass is 413 g/mol. The van der Waals surface area contributed by atoms with Gasteiger partial charge in [-0.15, -0.1) is 0 Å². The van der Waals surface area contributed by atoms with E-state index < -0.39 is 5.97 Å². The van der Waals surface area contributed by atoms with Crippen molar-refractivity contribution in [3.05, 3.63) is 61.8 Å². The number of esters is 1. The van der Waals surface area contributed by atoms with Crippen LogP contribution in [-0.2, 0) is 4.74 Å². The molecule has 0 bridgehead atoms. The average Bonchev–Trinajstić information content (AvgIpc) is 2.95. The Hall–Kier alpha value is -1.86. The molecule has 3 aromatic rings. The van der Waals surface area contributed by atoms with Gasteiger partial charge >= 0.3 is 5.97 Å². The van der Waals surface area contributed by atoms with E-state index in [4.69, 9.17) is 40.2 Å². The minimum absolute atomic E-state index is 0.151. The Morgan fingerprint density at radius 3 is 2.32 bits per heavy atom. The number of hydrogen-bond acceptors (Lipinski definition) is 5. The Bertz CT molecular complexity index is 989. The smallest absolute Gasteiger partial charge is 0.337 e. The molecule has 9 heteroatoms. The van der Waals surface area contributed by atoms with Gasteiger partial charge in [0.15, 0.2) is 0 Å². The zero-order valence-corrected chi connectivity index (χ0v) is 15.8. The second-order valence-corrected chi connectivity index (χ2v) is 7.14. The number of carbonyl (C=O) groups excluding carboxylic acids is 1. The minimum atomic E-state index is -0.415. The van der Waals surface area contributed by atoms with Crippen LogP contribution in [0.2, 0.25) is 15.1 Å². The van der Waals surface area contributed by atoms with E-state index in [0.717, 1.165) is 16.9 Å². The molecule has 1 heterocycles. The highest BCUT2D eigenvalue weighted by Crippen LogP contribution is 2.32. The van der Waals surface area contributed by atoms with Crippen LogP contribution in [-0.4, -0.2) is 22.9 Å². The maximum absolute atomic E-state index is 11.5. The highest BCUT2D eigenvalue weighted by molar-refractivity contribution is 7.12. The molecule has 128 valence electrons. The van der Waals surface area contributed by atoms with Crippen molar-refractivity contribution in [3.63, 3.8) is 0 Å². The van der Waals surface area contributed by atoms with Crippen molar-refractivity contribution in [2.24, 2.45) is 0 Å². The fraction of sp³-hybridized carbons (Fsp3) is 0.0625. The van der Waals surface area contributed by atoms with Crippen LogP contribution in [0, 0.1) is 5.41 Å². The summed E-state index contributed by atoms with van der Waals surface area (Å²) < 4.78 is 6.03. The van der Waals surface area contributed by atoms with E-state index in [9.17, 15) is 4.79 Å². The summed E-state index contributed by atoms with van der Waals surface area (Å²) in [5.74, 6) is -0.415. The topological polar surface area (TPSA) is 68.0 Å². The van der Waals surface area contributed by atoms with Crippen LogP contribution in [0.1, 0.15) is 10.4 Å². The highest BCUT2D eigenvalue weighted by atomic mass is 35.5. The number of rotatable bonds is 3.